The van der Waals surface area contributed by atoms with E-state index in [-0.39, 0.29) is 37.7 Å². The highest BCUT2D eigenvalue weighted by atomic mass is 127. The third-order valence-corrected chi connectivity index (χ3v) is 8.43. The van der Waals surface area contributed by atoms with Gasteiger partial charge < -0.3 is 18.6 Å². The Morgan fingerprint density at radius 1 is 0.744 bits per heavy atom. The first-order valence-electron chi connectivity index (χ1n) is 13.9. The lowest BCUT2D eigenvalue weighted by Crippen LogP contribution is -2.41. The molecule has 17 heteroatoms. The van der Waals surface area contributed by atoms with Gasteiger partial charge in [0.2, 0.25) is 0 Å². The minimum atomic E-state index is -4.12. The van der Waals surface area contributed by atoms with Crippen LogP contribution in [0.4, 0.5) is 26.3 Å². The zero-order chi connectivity index (χ0) is 32.9. The topological polar surface area (TPSA) is 83.4 Å². The zero-order valence-electron chi connectivity index (χ0n) is 25.8. The third kappa shape index (κ3) is 11.5. The van der Waals surface area contributed by atoms with Crippen molar-refractivity contribution in [3.8, 4) is 0 Å². The Morgan fingerprint density at radius 2 is 1.19 bits per heavy atom. The SMILES string of the molecule is CC1(C)OB(c2cn[nH]c2)OC1(C)C.CC1(C)OB(c2cnn(CCCC(F)(F)F)c2)OC1(C)C.FC(F)(F)CCCI. The minimum Gasteiger partial charge on any atom is -0.399 e. The maximum Gasteiger partial charge on any atom is 0.498 e. The van der Waals surface area contributed by atoms with E-state index in [0.29, 0.717) is 4.43 Å². The van der Waals surface area contributed by atoms with Crippen LogP contribution >= 0.6 is 22.6 Å². The molecule has 2 aromatic heterocycles. The second-order valence-electron chi connectivity index (χ2n) is 12.4. The van der Waals surface area contributed by atoms with E-state index in [1.54, 1.807) is 24.8 Å². The van der Waals surface area contributed by atoms with Gasteiger partial charge in [-0.15, -0.1) is 0 Å². The van der Waals surface area contributed by atoms with Gasteiger partial charge in [-0.25, -0.2) is 0 Å². The van der Waals surface area contributed by atoms with Crippen LogP contribution in [0.15, 0.2) is 24.8 Å². The van der Waals surface area contributed by atoms with Crippen LogP contribution in [0.1, 0.15) is 81.1 Å². The number of halogens is 7. The molecule has 43 heavy (non-hydrogen) atoms. The number of hydrogen-bond acceptors (Lipinski definition) is 6. The predicted molar refractivity (Wildman–Crippen MR) is 162 cm³/mol. The molecule has 2 fully saturated rings. The Kier molecular flexibility index (Phi) is 12.7. The summed E-state index contributed by atoms with van der Waals surface area (Å²) in [5.41, 5.74) is 0.194. The van der Waals surface area contributed by atoms with Crippen LogP contribution in [0.5, 0.6) is 0 Å². The molecule has 244 valence electrons. The van der Waals surface area contributed by atoms with E-state index in [1.165, 1.54) is 4.68 Å². The molecule has 8 nitrogen and oxygen atoms in total. The van der Waals surface area contributed by atoms with Crippen LogP contribution in [-0.2, 0) is 25.2 Å². The molecule has 2 aromatic rings. The van der Waals surface area contributed by atoms with Crippen LogP contribution in [0.25, 0.3) is 0 Å². The third-order valence-electron chi connectivity index (χ3n) is 7.66. The van der Waals surface area contributed by atoms with Crippen LogP contribution in [0, 0.1) is 0 Å². The first-order chi connectivity index (χ1) is 19.5. The number of aromatic amines is 1. The molecule has 0 atom stereocenters. The summed E-state index contributed by atoms with van der Waals surface area (Å²) >= 11 is 1.93. The highest BCUT2D eigenvalue weighted by molar-refractivity contribution is 14.1. The highest BCUT2D eigenvalue weighted by Gasteiger charge is 2.53. The number of rotatable bonds is 7. The number of hydrogen-bond donors (Lipinski definition) is 1. The molecule has 4 rings (SSSR count). The fourth-order valence-electron chi connectivity index (χ4n) is 3.68. The molecule has 1 N–H and O–H groups in total. The fourth-order valence-corrected chi connectivity index (χ4v) is 4.06. The normalized spacial score (nSPS) is 20.3. The minimum absolute atomic E-state index is 0.00792. The highest BCUT2D eigenvalue weighted by Crippen LogP contribution is 2.37. The van der Waals surface area contributed by atoms with Crippen molar-refractivity contribution in [3.05, 3.63) is 24.8 Å². The monoisotopic (exact) mass is 736 g/mol. The largest absolute Gasteiger partial charge is 0.498 e. The molecule has 0 aliphatic carbocycles. The fraction of sp³-hybridized carbons (Fsp3) is 0.769. The van der Waals surface area contributed by atoms with Gasteiger partial charge in [-0.2, -0.15) is 36.5 Å². The predicted octanol–water partition coefficient (Wildman–Crippen LogP) is 6.00. The summed E-state index contributed by atoms with van der Waals surface area (Å²) in [7, 11) is -0.842. The molecule has 0 unspecified atom stereocenters. The molecule has 0 aromatic carbocycles. The molecular weight excluding hydrogens is 695 g/mol. The Balaban J connectivity index is 0.000000252. The van der Waals surface area contributed by atoms with Gasteiger partial charge in [-0.3, -0.25) is 9.78 Å². The van der Waals surface area contributed by atoms with E-state index in [2.05, 4.69) is 15.3 Å². The number of alkyl halides is 7. The van der Waals surface area contributed by atoms with Gasteiger partial charge in [0.15, 0.2) is 0 Å². The summed E-state index contributed by atoms with van der Waals surface area (Å²) in [5, 5.41) is 10.7. The Bertz CT molecular complexity index is 1100. The average Bonchev–Trinajstić information content (AvgIpc) is 3.60. The van der Waals surface area contributed by atoms with Crippen molar-refractivity contribution < 1.29 is 45.0 Å². The Hall–Kier alpha value is -1.30. The molecule has 0 amide bonds. The lowest BCUT2D eigenvalue weighted by Gasteiger charge is -2.32. The lowest BCUT2D eigenvalue weighted by atomic mass is 9.82. The quantitative estimate of drug-likeness (QED) is 0.163. The van der Waals surface area contributed by atoms with E-state index in [9.17, 15) is 26.3 Å². The number of aryl methyl sites for hydroxylation is 1. The second-order valence-corrected chi connectivity index (χ2v) is 13.5. The van der Waals surface area contributed by atoms with Crippen molar-refractivity contribution in [2.24, 2.45) is 0 Å². The van der Waals surface area contributed by atoms with E-state index in [0.717, 1.165) is 10.9 Å². The smallest absolute Gasteiger partial charge is 0.399 e. The van der Waals surface area contributed by atoms with Crippen molar-refractivity contribution in [2.45, 2.75) is 122 Å². The summed E-state index contributed by atoms with van der Waals surface area (Å²) in [6.07, 6.45) is -2.50. The van der Waals surface area contributed by atoms with Gasteiger partial charge in [0.1, 0.15) is 0 Å². The summed E-state index contributed by atoms with van der Waals surface area (Å²) in [5.74, 6) is 0. The molecular formula is C26H41B2F6IN4O4. The first-order valence-corrected chi connectivity index (χ1v) is 15.4. The maximum absolute atomic E-state index is 12.1. The molecule has 2 aliphatic heterocycles. The molecule has 2 aliphatic rings. The van der Waals surface area contributed by atoms with E-state index in [4.69, 9.17) is 18.6 Å². The standard InChI is InChI=1S/C13H20BF3N2O2.C9H15BN2O2.C4H6F3I/c1-11(2)12(3,4)21-14(20-11)10-8-18-19(9-10)7-5-6-13(15,16)17;1-8(2)9(3,4)14-10(13-8)7-5-11-12-6-7;5-4(6,7)2-1-3-8/h8-9H,5-7H2,1-4H3;5-6H,1-4H3,(H,11,12);1-3H2. The molecule has 0 radical (unpaired) electrons. The average molecular weight is 736 g/mol. The van der Waals surface area contributed by atoms with Gasteiger partial charge >= 0.3 is 26.6 Å². The second kappa shape index (κ2) is 14.4. The molecule has 0 saturated carbocycles. The van der Waals surface area contributed by atoms with Crippen LogP contribution < -0.4 is 10.9 Å². The molecule has 0 spiro atoms. The first kappa shape index (κ1) is 37.9. The van der Waals surface area contributed by atoms with Crippen molar-refractivity contribution in [1.29, 1.82) is 0 Å². The van der Waals surface area contributed by atoms with Gasteiger partial charge in [0.05, 0.1) is 22.4 Å². The summed E-state index contributed by atoms with van der Waals surface area (Å²) < 4.78 is 95.5. The van der Waals surface area contributed by atoms with Crippen molar-refractivity contribution in [2.75, 3.05) is 4.43 Å². The number of nitrogens with one attached hydrogen (secondary N) is 1. The van der Waals surface area contributed by atoms with Gasteiger partial charge in [0, 0.05) is 55.1 Å². The van der Waals surface area contributed by atoms with Crippen LogP contribution in [0.2, 0.25) is 0 Å². The van der Waals surface area contributed by atoms with Gasteiger partial charge in [-0.05, 0) is 72.7 Å². The Morgan fingerprint density at radius 3 is 1.56 bits per heavy atom. The summed E-state index contributed by atoms with van der Waals surface area (Å²) in [6, 6.07) is 0. The van der Waals surface area contributed by atoms with Crippen molar-refractivity contribution in [3.63, 3.8) is 0 Å². The van der Waals surface area contributed by atoms with Crippen LogP contribution in [0.3, 0.4) is 0 Å². The van der Waals surface area contributed by atoms with Crippen molar-refractivity contribution in [1.82, 2.24) is 20.0 Å². The molecule has 2 saturated heterocycles. The Labute approximate surface area is 263 Å². The maximum atomic E-state index is 12.1. The summed E-state index contributed by atoms with van der Waals surface area (Å²) in [6.45, 7) is 16.1. The van der Waals surface area contributed by atoms with E-state index < -0.39 is 43.5 Å². The van der Waals surface area contributed by atoms with Crippen molar-refractivity contribution >= 4 is 47.8 Å². The van der Waals surface area contributed by atoms with Gasteiger partial charge in [0.25, 0.3) is 0 Å². The summed E-state index contributed by atoms with van der Waals surface area (Å²) in [4.78, 5) is 0. The van der Waals surface area contributed by atoms with Gasteiger partial charge in [-0.1, -0.05) is 22.6 Å². The number of nitrogens with zero attached hydrogens (tertiary/aromatic N) is 3. The van der Waals surface area contributed by atoms with E-state index in [1.807, 2.05) is 78.0 Å². The van der Waals surface area contributed by atoms with E-state index >= 15 is 0 Å². The van der Waals surface area contributed by atoms with Crippen LogP contribution in [-0.4, -0.2) is 73.4 Å². The molecule has 0 bridgehead atoms. The lowest BCUT2D eigenvalue weighted by molar-refractivity contribution is -0.136. The number of aromatic nitrogens is 4. The zero-order valence-corrected chi connectivity index (χ0v) is 28.0. The molecule has 4 heterocycles. The number of H-pyrrole nitrogens is 1.